The third-order valence-electron chi connectivity index (χ3n) is 3.18. The fourth-order valence-electron chi connectivity index (χ4n) is 2.19. The third kappa shape index (κ3) is 3.74. The Morgan fingerprint density at radius 3 is 2.05 bits per heavy atom. The largest absolute Gasteiger partial charge is 0.492 e. The Morgan fingerprint density at radius 2 is 1.55 bits per heavy atom. The minimum absolute atomic E-state index is 0.0867. The molecule has 0 saturated carbocycles. The molecular formula is C11H15BF3N2O2S-. The predicted molar refractivity (Wildman–Crippen MR) is 70.7 cm³/mol. The van der Waals surface area contributed by atoms with Gasteiger partial charge >= 0.3 is 6.98 Å². The summed E-state index contributed by atoms with van der Waals surface area (Å²) in [7, 11) is -3.60. The number of piperazine rings is 1. The predicted octanol–water partition coefficient (Wildman–Crippen LogP) is 1.38. The molecule has 1 heterocycles. The van der Waals surface area contributed by atoms with Crippen LogP contribution < -0.4 is 0 Å². The lowest BCUT2D eigenvalue weighted by atomic mass is 9.91. The Hall–Kier alpha value is -1.06. The molecule has 0 atom stereocenters. The van der Waals surface area contributed by atoms with Gasteiger partial charge in [-0.15, -0.1) is 0 Å². The SMILES string of the molecule is O=S(=O)(c1ccccc1)N1CCN(C[B-](F)(F)F)CC1. The van der Waals surface area contributed by atoms with E-state index in [1.807, 2.05) is 0 Å². The molecule has 1 aliphatic rings. The Bertz CT molecular complexity index is 543. The van der Waals surface area contributed by atoms with E-state index in [4.69, 9.17) is 0 Å². The van der Waals surface area contributed by atoms with Gasteiger partial charge in [0.15, 0.2) is 0 Å². The summed E-state index contributed by atoms with van der Waals surface area (Å²) < 4.78 is 62.8. The van der Waals surface area contributed by atoms with Crippen molar-refractivity contribution in [3.05, 3.63) is 30.3 Å². The summed E-state index contributed by atoms with van der Waals surface area (Å²) in [6, 6.07) is 7.92. The van der Waals surface area contributed by atoms with E-state index >= 15 is 0 Å². The van der Waals surface area contributed by atoms with E-state index in [0.29, 0.717) is 0 Å². The van der Waals surface area contributed by atoms with E-state index in [1.54, 1.807) is 18.2 Å². The molecule has 0 aromatic heterocycles. The molecule has 0 amide bonds. The van der Waals surface area contributed by atoms with Crippen LogP contribution in [0, 0.1) is 0 Å². The van der Waals surface area contributed by atoms with Crippen LogP contribution in [0.4, 0.5) is 12.9 Å². The van der Waals surface area contributed by atoms with Crippen LogP contribution >= 0.6 is 0 Å². The van der Waals surface area contributed by atoms with Crippen molar-refractivity contribution in [3.8, 4) is 0 Å². The number of nitrogens with zero attached hydrogens (tertiary/aromatic N) is 2. The summed E-state index contributed by atoms with van der Waals surface area (Å²) >= 11 is 0. The van der Waals surface area contributed by atoms with E-state index in [0.717, 1.165) is 0 Å². The Kier molecular flexibility index (Phi) is 4.41. The Labute approximate surface area is 116 Å². The van der Waals surface area contributed by atoms with Crippen molar-refractivity contribution in [1.82, 2.24) is 9.21 Å². The van der Waals surface area contributed by atoms with Gasteiger partial charge in [0.1, 0.15) is 0 Å². The number of benzene rings is 1. The first kappa shape index (κ1) is 15.3. The van der Waals surface area contributed by atoms with Gasteiger partial charge in [-0.05, 0) is 18.6 Å². The molecule has 2 rings (SSSR count). The summed E-state index contributed by atoms with van der Waals surface area (Å²) in [5, 5.41) is 0. The molecular weight excluding hydrogens is 292 g/mol. The zero-order chi connectivity index (χ0) is 14.8. The molecule has 1 aromatic carbocycles. The van der Waals surface area contributed by atoms with Crippen molar-refractivity contribution in [1.29, 1.82) is 0 Å². The average molecular weight is 307 g/mol. The summed E-state index contributed by atoms with van der Waals surface area (Å²) in [6.45, 7) is -4.48. The second kappa shape index (κ2) is 5.75. The highest BCUT2D eigenvalue weighted by atomic mass is 32.2. The van der Waals surface area contributed by atoms with E-state index < -0.39 is 23.4 Å². The molecule has 4 nitrogen and oxygen atoms in total. The van der Waals surface area contributed by atoms with Gasteiger partial charge in [0.25, 0.3) is 0 Å². The lowest BCUT2D eigenvalue weighted by molar-refractivity contribution is 0.196. The van der Waals surface area contributed by atoms with Crippen LogP contribution in [0.25, 0.3) is 0 Å². The van der Waals surface area contributed by atoms with Crippen molar-refractivity contribution in [2.24, 2.45) is 0 Å². The second-order valence-electron chi connectivity index (χ2n) is 4.73. The van der Waals surface area contributed by atoms with E-state index in [2.05, 4.69) is 0 Å². The lowest BCUT2D eigenvalue weighted by Gasteiger charge is -2.36. The number of hydrogen-bond acceptors (Lipinski definition) is 3. The van der Waals surface area contributed by atoms with Gasteiger partial charge in [-0.25, -0.2) is 8.42 Å². The zero-order valence-corrected chi connectivity index (χ0v) is 11.6. The number of rotatable bonds is 4. The van der Waals surface area contributed by atoms with Gasteiger partial charge in [-0.1, -0.05) is 18.2 Å². The second-order valence-corrected chi connectivity index (χ2v) is 6.67. The van der Waals surface area contributed by atoms with Crippen molar-refractivity contribution < 1.29 is 21.4 Å². The highest BCUT2D eigenvalue weighted by molar-refractivity contribution is 7.89. The molecule has 0 radical (unpaired) electrons. The van der Waals surface area contributed by atoms with Gasteiger partial charge in [0.2, 0.25) is 10.0 Å². The molecule has 1 aliphatic heterocycles. The van der Waals surface area contributed by atoms with Crippen molar-refractivity contribution in [2.75, 3.05) is 32.6 Å². The molecule has 9 heteroatoms. The van der Waals surface area contributed by atoms with Crippen LogP contribution in [-0.4, -0.2) is 57.2 Å². The first-order valence-corrected chi connectivity index (χ1v) is 7.71. The molecule has 1 aromatic rings. The van der Waals surface area contributed by atoms with Crippen LogP contribution in [0.1, 0.15) is 0 Å². The molecule has 1 saturated heterocycles. The molecule has 0 aliphatic carbocycles. The van der Waals surface area contributed by atoms with Crippen LogP contribution in [0.2, 0.25) is 0 Å². The highest BCUT2D eigenvalue weighted by Gasteiger charge is 2.32. The van der Waals surface area contributed by atoms with Gasteiger partial charge in [-0.2, -0.15) is 4.31 Å². The number of hydrogen-bond donors (Lipinski definition) is 0. The maximum absolute atomic E-state index is 12.3. The van der Waals surface area contributed by atoms with Gasteiger partial charge in [0, 0.05) is 26.2 Å². The van der Waals surface area contributed by atoms with E-state index in [9.17, 15) is 21.4 Å². The van der Waals surface area contributed by atoms with Gasteiger partial charge in [-0.3, -0.25) is 0 Å². The summed E-state index contributed by atoms with van der Waals surface area (Å²) in [6.07, 6.45) is -0.931. The molecule has 0 spiro atoms. The van der Waals surface area contributed by atoms with Crippen LogP contribution in [0.3, 0.4) is 0 Å². The standard InChI is InChI=1S/C11H15BF3N2O2S/c13-12(14,15)10-16-6-8-17(9-7-16)20(18,19)11-4-2-1-3-5-11/h1-5H,6-10H2/q-1. The monoisotopic (exact) mass is 307 g/mol. The first-order chi connectivity index (χ1) is 9.29. The molecule has 0 bridgehead atoms. The minimum Gasteiger partial charge on any atom is -0.448 e. The van der Waals surface area contributed by atoms with Gasteiger partial charge < -0.3 is 17.8 Å². The maximum atomic E-state index is 12.3. The maximum Gasteiger partial charge on any atom is 0.492 e. The number of sulfonamides is 1. The summed E-state index contributed by atoms with van der Waals surface area (Å²) in [4.78, 5) is 1.42. The molecule has 1 fully saturated rings. The minimum atomic E-state index is -4.87. The first-order valence-electron chi connectivity index (χ1n) is 6.27. The van der Waals surface area contributed by atoms with Crippen molar-refractivity contribution in [2.45, 2.75) is 4.90 Å². The zero-order valence-electron chi connectivity index (χ0n) is 10.8. The van der Waals surface area contributed by atoms with Crippen molar-refractivity contribution in [3.63, 3.8) is 0 Å². The van der Waals surface area contributed by atoms with Crippen LogP contribution in [0.15, 0.2) is 35.2 Å². The molecule has 0 N–H and O–H groups in total. The quantitative estimate of drug-likeness (QED) is 0.789. The Balaban J connectivity index is 2.01. The van der Waals surface area contributed by atoms with E-state index in [1.165, 1.54) is 21.3 Å². The highest BCUT2D eigenvalue weighted by Crippen LogP contribution is 2.18. The fourth-order valence-corrected chi connectivity index (χ4v) is 3.63. The third-order valence-corrected chi connectivity index (χ3v) is 5.09. The molecule has 112 valence electrons. The molecule has 20 heavy (non-hydrogen) atoms. The lowest BCUT2D eigenvalue weighted by Crippen LogP contribution is -2.51. The van der Waals surface area contributed by atoms with Gasteiger partial charge in [0.05, 0.1) is 4.90 Å². The van der Waals surface area contributed by atoms with E-state index in [-0.39, 0.29) is 31.1 Å². The topological polar surface area (TPSA) is 40.6 Å². The number of halogens is 3. The fraction of sp³-hybridized carbons (Fsp3) is 0.455. The summed E-state index contributed by atoms with van der Waals surface area (Å²) in [5.41, 5.74) is 0. The Morgan fingerprint density at radius 1 is 1.00 bits per heavy atom. The van der Waals surface area contributed by atoms with Crippen LogP contribution in [-0.2, 0) is 10.0 Å². The summed E-state index contributed by atoms with van der Waals surface area (Å²) in [5.74, 6) is 0. The van der Waals surface area contributed by atoms with Crippen molar-refractivity contribution >= 4 is 17.0 Å². The smallest absolute Gasteiger partial charge is 0.448 e. The molecule has 0 unspecified atom stereocenters. The van der Waals surface area contributed by atoms with Crippen LogP contribution in [0.5, 0.6) is 0 Å². The average Bonchev–Trinajstić information content (AvgIpc) is 2.38. The normalized spacial score (nSPS) is 19.1.